The minimum Gasteiger partial charge on any atom is -0.450 e. The van der Waals surface area contributed by atoms with Crippen molar-refractivity contribution in [2.75, 3.05) is 6.61 Å². The van der Waals surface area contributed by atoms with Crippen LogP contribution < -0.4 is 5.46 Å². The lowest BCUT2D eigenvalue weighted by Crippen LogP contribution is -2.20. The molecule has 0 fully saturated rings. The largest absolute Gasteiger partial charge is 0.450 e. The average Bonchev–Trinajstić information content (AvgIpc) is 2.18. The summed E-state index contributed by atoms with van der Waals surface area (Å²) < 4.78 is 0. The highest BCUT2D eigenvalue weighted by Crippen LogP contribution is 2.03. The van der Waals surface area contributed by atoms with Gasteiger partial charge in [0.2, 0.25) is 0 Å². The van der Waals surface area contributed by atoms with Crippen LogP contribution in [0.3, 0.4) is 0 Å². The molecule has 13 heavy (non-hydrogen) atoms. The highest BCUT2D eigenvalue weighted by Gasteiger charge is 2.03. The van der Waals surface area contributed by atoms with Crippen LogP contribution in [-0.4, -0.2) is 29.3 Å². The first-order chi connectivity index (χ1) is 6.31. The standard InChI is InChI=1S/C9H12BO3/c11-4-3-8-5-7(6-12)1-2-9(8)10-13/h1-2,5,11-13H,3-4,6H2. The topological polar surface area (TPSA) is 60.7 Å². The number of aliphatic hydroxyl groups excluding tert-OH is 2. The Morgan fingerprint density at radius 3 is 2.54 bits per heavy atom. The molecule has 0 aromatic heterocycles. The molecule has 3 nitrogen and oxygen atoms in total. The Labute approximate surface area is 77.9 Å². The Kier molecular flexibility index (Phi) is 3.95. The summed E-state index contributed by atoms with van der Waals surface area (Å²) in [6, 6.07) is 5.23. The van der Waals surface area contributed by atoms with E-state index < -0.39 is 0 Å². The van der Waals surface area contributed by atoms with Gasteiger partial charge in [0, 0.05) is 6.61 Å². The van der Waals surface area contributed by atoms with Crippen molar-refractivity contribution in [2.24, 2.45) is 0 Å². The summed E-state index contributed by atoms with van der Waals surface area (Å²) in [5.74, 6) is 0. The molecule has 0 heterocycles. The summed E-state index contributed by atoms with van der Waals surface area (Å²) in [7, 11) is 1.01. The molecule has 3 N–H and O–H groups in total. The van der Waals surface area contributed by atoms with Gasteiger partial charge in [0.1, 0.15) is 0 Å². The van der Waals surface area contributed by atoms with Gasteiger partial charge >= 0.3 is 7.48 Å². The fraction of sp³-hybridized carbons (Fsp3) is 0.333. The SMILES string of the molecule is O[B]c1ccc(CO)cc1CCO. The highest BCUT2D eigenvalue weighted by atomic mass is 16.3. The number of benzene rings is 1. The minimum atomic E-state index is -0.0237. The Morgan fingerprint density at radius 2 is 2.00 bits per heavy atom. The van der Waals surface area contributed by atoms with Gasteiger partial charge in [-0.25, -0.2) is 0 Å². The molecule has 0 aliphatic heterocycles. The lowest BCUT2D eigenvalue weighted by molar-refractivity contribution is 0.281. The van der Waals surface area contributed by atoms with Crippen molar-refractivity contribution >= 4 is 12.9 Å². The lowest BCUT2D eigenvalue weighted by atomic mass is 9.82. The Hall–Kier alpha value is -0.835. The van der Waals surface area contributed by atoms with Crippen LogP contribution in [0.4, 0.5) is 0 Å². The van der Waals surface area contributed by atoms with Crippen LogP contribution in [0.5, 0.6) is 0 Å². The van der Waals surface area contributed by atoms with E-state index in [2.05, 4.69) is 0 Å². The molecule has 0 aliphatic carbocycles. The zero-order valence-electron chi connectivity index (χ0n) is 7.27. The van der Waals surface area contributed by atoms with Crippen LogP contribution in [0, 0.1) is 0 Å². The van der Waals surface area contributed by atoms with E-state index in [-0.39, 0.29) is 13.2 Å². The third-order valence-corrected chi connectivity index (χ3v) is 1.91. The minimum absolute atomic E-state index is 0.0237. The smallest absolute Gasteiger partial charge is 0.327 e. The van der Waals surface area contributed by atoms with Crippen molar-refractivity contribution < 1.29 is 15.2 Å². The van der Waals surface area contributed by atoms with E-state index in [0.717, 1.165) is 18.6 Å². The number of hydrogen-bond donors (Lipinski definition) is 3. The molecule has 69 valence electrons. The van der Waals surface area contributed by atoms with Gasteiger partial charge in [-0.2, -0.15) is 0 Å². The number of rotatable bonds is 4. The summed E-state index contributed by atoms with van der Waals surface area (Å²) in [6.07, 6.45) is 0.486. The van der Waals surface area contributed by atoms with Crippen molar-refractivity contribution in [3.05, 3.63) is 29.3 Å². The molecule has 1 aromatic rings. The predicted octanol–water partition coefficient (Wildman–Crippen LogP) is -1.05. The average molecular weight is 179 g/mol. The summed E-state index contributed by atoms with van der Waals surface area (Å²) in [5, 5.41) is 26.4. The molecule has 0 saturated carbocycles. The maximum absolute atomic E-state index is 8.86. The second-order valence-corrected chi connectivity index (χ2v) is 2.79. The fourth-order valence-corrected chi connectivity index (χ4v) is 1.22. The van der Waals surface area contributed by atoms with E-state index in [1.54, 1.807) is 18.2 Å². The second kappa shape index (κ2) is 5.02. The van der Waals surface area contributed by atoms with Crippen molar-refractivity contribution in [3.8, 4) is 0 Å². The second-order valence-electron chi connectivity index (χ2n) is 2.79. The maximum atomic E-state index is 8.86. The van der Waals surface area contributed by atoms with E-state index in [1.807, 2.05) is 0 Å². The zero-order valence-corrected chi connectivity index (χ0v) is 7.27. The van der Waals surface area contributed by atoms with Gasteiger partial charge in [0.05, 0.1) is 6.61 Å². The van der Waals surface area contributed by atoms with Crippen LogP contribution in [0.2, 0.25) is 0 Å². The molecular formula is C9H12BO3. The molecule has 0 saturated heterocycles. The van der Waals surface area contributed by atoms with E-state index in [4.69, 9.17) is 15.2 Å². The molecular weight excluding hydrogens is 167 g/mol. The Bertz CT molecular complexity index is 276. The number of aliphatic hydroxyl groups is 2. The summed E-state index contributed by atoms with van der Waals surface area (Å²) in [5.41, 5.74) is 2.32. The molecule has 0 unspecified atom stereocenters. The van der Waals surface area contributed by atoms with Crippen LogP contribution in [0.25, 0.3) is 0 Å². The van der Waals surface area contributed by atoms with Crippen molar-refractivity contribution in [1.29, 1.82) is 0 Å². The Balaban J connectivity index is 2.95. The maximum Gasteiger partial charge on any atom is 0.327 e. The van der Waals surface area contributed by atoms with Crippen LogP contribution in [0.1, 0.15) is 11.1 Å². The summed E-state index contributed by atoms with van der Waals surface area (Å²) in [4.78, 5) is 0. The van der Waals surface area contributed by atoms with Gasteiger partial charge in [0.15, 0.2) is 0 Å². The highest BCUT2D eigenvalue weighted by molar-refractivity contribution is 6.46. The van der Waals surface area contributed by atoms with Gasteiger partial charge in [-0.15, -0.1) is 0 Å². The molecule has 0 atom stereocenters. The van der Waals surface area contributed by atoms with Gasteiger partial charge < -0.3 is 15.2 Å². The normalized spacial score (nSPS) is 10.1. The van der Waals surface area contributed by atoms with Crippen LogP contribution in [0.15, 0.2) is 18.2 Å². The molecule has 4 heteroatoms. The third kappa shape index (κ3) is 2.55. The van der Waals surface area contributed by atoms with Gasteiger partial charge in [-0.05, 0) is 17.5 Å². The van der Waals surface area contributed by atoms with Crippen molar-refractivity contribution in [2.45, 2.75) is 13.0 Å². The predicted molar refractivity (Wildman–Crippen MR) is 50.8 cm³/mol. The van der Waals surface area contributed by atoms with Gasteiger partial charge in [-0.1, -0.05) is 23.7 Å². The lowest BCUT2D eigenvalue weighted by Gasteiger charge is -2.06. The fourth-order valence-electron chi connectivity index (χ4n) is 1.22. The molecule has 0 spiro atoms. The zero-order chi connectivity index (χ0) is 9.68. The first-order valence-electron chi connectivity index (χ1n) is 4.12. The monoisotopic (exact) mass is 179 g/mol. The summed E-state index contributed by atoms with van der Waals surface area (Å²) in [6.45, 7) is 0.0137. The molecule has 1 radical (unpaired) electrons. The Morgan fingerprint density at radius 1 is 1.23 bits per heavy atom. The quantitative estimate of drug-likeness (QED) is 0.517. The van der Waals surface area contributed by atoms with E-state index in [0.29, 0.717) is 11.9 Å². The first kappa shape index (κ1) is 10.2. The molecule has 0 aliphatic rings. The summed E-state index contributed by atoms with van der Waals surface area (Å²) >= 11 is 0. The molecule has 1 aromatic carbocycles. The molecule has 0 amide bonds. The van der Waals surface area contributed by atoms with E-state index in [1.165, 1.54) is 0 Å². The van der Waals surface area contributed by atoms with E-state index >= 15 is 0 Å². The van der Waals surface area contributed by atoms with E-state index in [9.17, 15) is 0 Å². The third-order valence-electron chi connectivity index (χ3n) is 1.91. The number of hydrogen-bond acceptors (Lipinski definition) is 3. The molecule has 1 rings (SSSR count). The molecule has 0 bridgehead atoms. The van der Waals surface area contributed by atoms with Crippen LogP contribution in [-0.2, 0) is 13.0 Å². The van der Waals surface area contributed by atoms with Crippen molar-refractivity contribution in [1.82, 2.24) is 0 Å². The van der Waals surface area contributed by atoms with Crippen LogP contribution >= 0.6 is 0 Å². The van der Waals surface area contributed by atoms with Gasteiger partial charge in [0.25, 0.3) is 0 Å². The van der Waals surface area contributed by atoms with Crippen molar-refractivity contribution in [3.63, 3.8) is 0 Å². The van der Waals surface area contributed by atoms with Gasteiger partial charge in [-0.3, -0.25) is 0 Å². The first-order valence-corrected chi connectivity index (χ1v) is 4.12.